The third kappa shape index (κ3) is 4.14. The zero-order valence-corrected chi connectivity index (χ0v) is 18.7. The fourth-order valence-corrected chi connectivity index (χ4v) is 4.00. The number of rotatable bonds is 4. The van der Waals surface area contributed by atoms with Crippen LogP contribution in [-0.4, -0.2) is 64.5 Å². The minimum Gasteiger partial charge on any atom is -0.461 e. The largest absolute Gasteiger partial charge is 0.461 e. The minimum absolute atomic E-state index is 0.0458. The van der Waals surface area contributed by atoms with Gasteiger partial charge in [0.1, 0.15) is 23.8 Å². The number of hydrogen-bond donors (Lipinski definition) is 0. The molecule has 1 unspecified atom stereocenters. The summed E-state index contributed by atoms with van der Waals surface area (Å²) < 4.78 is 11.7. The topological polar surface area (TPSA) is 97.5 Å². The molecule has 9 heteroatoms. The monoisotopic (exact) mass is 444 g/mol. The lowest BCUT2D eigenvalue weighted by atomic mass is 10.0. The van der Waals surface area contributed by atoms with Crippen molar-refractivity contribution >= 4 is 22.8 Å². The number of fused-ring (bicyclic) bond motifs is 1. The quantitative estimate of drug-likeness (QED) is 0.473. The van der Waals surface area contributed by atoms with Crippen LogP contribution in [0, 0.1) is 6.92 Å². The molecule has 9 nitrogen and oxygen atoms in total. The lowest BCUT2D eigenvalue weighted by molar-refractivity contribution is -0.0244. The molecule has 0 N–H and O–H groups in total. The van der Waals surface area contributed by atoms with Gasteiger partial charge in [0.05, 0.1) is 18.8 Å². The highest BCUT2D eigenvalue weighted by Gasteiger charge is 2.30. The van der Waals surface area contributed by atoms with Gasteiger partial charge in [-0.3, -0.25) is 4.79 Å². The van der Waals surface area contributed by atoms with E-state index in [4.69, 9.17) is 14.1 Å². The molecule has 3 aromatic heterocycles. The van der Waals surface area contributed by atoms with Gasteiger partial charge in [-0.1, -0.05) is 0 Å². The molecule has 0 radical (unpaired) electrons. The van der Waals surface area contributed by atoms with Crippen molar-refractivity contribution in [3.8, 4) is 11.1 Å². The van der Waals surface area contributed by atoms with Crippen LogP contribution in [0.3, 0.4) is 0 Å². The third-order valence-corrected chi connectivity index (χ3v) is 5.62. The van der Waals surface area contributed by atoms with Crippen molar-refractivity contribution in [1.29, 1.82) is 0 Å². The number of hydrogen-bond acceptors (Lipinski definition) is 8. The normalized spacial score (nSPS) is 16.2. The third-order valence-electron chi connectivity index (χ3n) is 5.62. The van der Waals surface area contributed by atoms with E-state index in [0.29, 0.717) is 36.9 Å². The smallest absolute Gasteiger partial charge is 0.254 e. The second kappa shape index (κ2) is 8.59. The van der Waals surface area contributed by atoms with Crippen molar-refractivity contribution in [2.24, 2.45) is 0 Å². The van der Waals surface area contributed by atoms with Gasteiger partial charge in [0.15, 0.2) is 0 Å². The molecule has 1 aliphatic heterocycles. The molecule has 1 saturated heterocycles. The number of carbonyl (C=O) groups is 1. The van der Waals surface area contributed by atoms with E-state index in [0.717, 1.165) is 27.9 Å². The molecule has 0 spiro atoms. The zero-order valence-electron chi connectivity index (χ0n) is 18.7. The molecule has 1 atom stereocenters. The Morgan fingerprint density at radius 3 is 2.76 bits per heavy atom. The molecular formula is C24H24N6O3. The average molecular weight is 444 g/mol. The number of morpholine rings is 1. The summed E-state index contributed by atoms with van der Waals surface area (Å²) in [4.78, 5) is 34.5. The van der Waals surface area contributed by atoms with Gasteiger partial charge in [-0.05, 0) is 31.2 Å². The summed E-state index contributed by atoms with van der Waals surface area (Å²) in [5.41, 5.74) is 3.69. The van der Waals surface area contributed by atoms with Crippen LogP contribution in [0.2, 0.25) is 0 Å². The second-order valence-corrected chi connectivity index (χ2v) is 8.21. The molecule has 4 heterocycles. The molecule has 33 heavy (non-hydrogen) atoms. The summed E-state index contributed by atoms with van der Waals surface area (Å²) in [6.07, 6.45) is 6.28. The van der Waals surface area contributed by atoms with Gasteiger partial charge in [0.25, 0.3) is 5.91 Å². The van der Waals surface area contributed by atoms with Crippen LogP contribution in [0.4, 0.5) is 5.95 Å². The lowest BCUT2D eigenvalue weighted by Crippen LogP contribution is -2.42. The average Bonchev–Trinajstić information content (AvgIpc) is 3.23. The summed E-state index contributed by atoms with van der Waals surface area (Å²) >= 11 is 0. The number of nitrogens with zero attached hydrogens (tertiary/aromatic N) is 6. The highest BCUT2D eigenvalue weighted by atomic mass is 16.5. The van der Waals surface area contributed by atoms with Crippen LogP contribution in [0.15, 0.2) is 53.6 Å². The van der Waals surface area contributed by atoms with Gasteiger partial charge in [0.2, 0.25) is 5.95 Å². The van der Waals surface area contributed by atoms with Gasteiger partial charge in [-0.25, -0.2) is 19.9 Å². The first-order valence-corrected chi connectivity index (χ1v) is 10.7. The first-order chi connectivity index (χ1) is 16.0. The Bertz CT molecular complexity index is 1300. The van der Waals surface area contributed by atoms with E-state index in [9.17, 15) is 4.79 Å². The minimum atomic E-state index is -0.403. The Balaban J connectivity index is 1.46. The molecule has 5 rings (SSSR count). The van der Waals surface area contributed by atoms with Crippen molar-refractivity contribution in [3.05, 3.63) is 66.2 Å². The summed E-state index contributed by atoms with van der Waals surface area (Å²) in [6, 6.07) is 7.46. The fourth-order valence-electron chi connectivity index (χ4n) is 4.00. The Morgan fingerprint density at radius 1 is 1.15 bits per heavy atom. The first kappa shape index (κ1) is 21.0. The van der Waals surface area contributed by atoms with E-state index in [2.05, 4.69) is 15.0 Å². The number of aromatic nitrogens is 4. The van der Waals surface area contributed by atoms with Gasteiger partial charge < -0.3 is 19.0 Å². The van der Waals surface area contributed by atoms with E-state index in [-0.39, 0.29) is 5.91 Å². The SMILES string of the molecule is Cc1cc2cc(C(=O)N3CCOC(c4nc(N(C)C)ncc4-c4cncnc4)C3)ccc2o1. The molecule has 1 fully saturated rings. The van der Waals surface area contributed by atoms with E-state index in [1.807, 2.05) is 49.0 Å². The predicted molar refractivity (Wildman–Crippen MR) is 123 cm³/mol. The Morgan fingerprint density at radius 2 is 1.97 bits per heavy atom. The van der Waals surface area contributed by atoms with E-state index >= 15 is 0 Å². The van der Waals surface area contributed by atoms with Gasteiger partial charge in [-0.15, -0.1) is 0 Å². The predicted octanol–water partition coefficient (Wildman–Crippen LogP) is 3.27. The van der Waals surface area contributed by atoms with Crippen LogP contribution in [-0.2, 0) is 4.74 Å². The summed E-state index contributed by atoms with van der Waals surface area (Å²) in [7, 11) is 3.77. The maximum absolute atomic E-state index is 13.3. The number of aryl methyl sites for hydroxylation is 1. The molecule has 0 bridgehead atoms. The van der Waals surface area contributed by atoms with Crippen LogP contribution in [0.1, 0.15) is 27.9 Å². The van der Waals surface area contributed by atoms with E-state index < -0.39 is 6.10 Å². The summed E-state index contributed by atoms with van der Waals surface area (Å²) in [5.74, 6) is 1.34. The van der Waals surface area contributed by atoms with E-state index in [1.165, 1.54) is 6.33 Å². The zero-order chi connectivity index (χ0) is 22.9. The van der Waals surface area contributed by atoms with Crippen LogP contribution < -0.4 is 4.90 Å². The Kier molecular flexibility index (Phi) is 5.47. The van der Waals surface area contributed by atoms with Gasteiger partial charge in [0, 0.05) is 61.3 Å². The molecule has 1 aliphatic rings. The fraction of sp³-hybridized carbons (Fsp3) is 0.292. The lowest BCUT2D eigenvalue weighted by Gasteiger charge is -2.33. The van der Waals surface area contributed by atoms with Crippen LogP contribution >= 0.6 is 0 Å². The molecule has 1 amide bonds. The van der Waals surface area contributed by atoms with Crippen molar-refractivity contribution in [1.82, 2.24) is 24.8 Å². The molecule has 4 aromatic rings. The molecule has 168 valence electrons. The molecule has 0 aliphatic carbocycles. The maximum atomic E-state index is 13.3. The van der Waals surface area contributed by atoms with Gasteiger partial charge in [-0.2, -0.15) is 0 Å². The van der Waals surface area contributed by atoms with Crippen molar-refractivity contribution in [2.75, 3.05) is 38.7 Å². The standard InChI is InChI=1S/C24H24N6O3/c1-15-8-17-9-16(4-5-20(17)33-15)23(31)30-6-7-32-21(13-30)22-19(18-10-25-14-26-11-18)12-27-24(28-22)29(2)3/h4-5,8-12,14,21H,6-7,13H2,1-3H3. The molecular weight excluding hydrogens is 420 g/mol. The van der Waals surface area contributed by atoms with E-state index in [1.54, 1.807) is 24.7 Å². The van der Waals surface area contributed by atoms with Gasteiger partial charge >= 0.3 is 0 Å². The van der Waals surface area contributed by atoms with Crippen molar-refractivity contribution in [2.45, 2.75) is 13.0 Å². The van der Waals surface area contributed by atoms with Crippen molar-refractivity contribution < 1.29 is 13.9 Å². The molecule has 0 saturated carbocycles. The van der Waals surface area contributed by atoms with Crippen LogP contribution in [0.5, 0.6) is 0 Å². The first-order valence-electron chi connectivity index (χ1n) is 10.7. The van der Waals surface area contributed by atoms with Crippen LogP contribution in [0.25, 0.3) is 22.1 Å². The number of carbonyl (C=O) groups excluding carboxylic acids is 1. The Hall–Kier alpha value is -3.85. The van der Waals surface area contributed by atoms with Crippen molar-refractivity contribution in [3.63, 3.8) is 0 Å². The highest BCUT2D eigenvalue weighted by molar-refractivity contribution is 5.98. The maximum Gasteiger partial charge on any atom is 0.254 e. The highest BCUT2D eigenvalue weighted by Crippen LogP contribution is 2.31. The summed E-state index contributed by atoms with van der Waals surface area (Å²) in [6.45, 7) is 3.20. The molecule has 1 aromatic carbocycles. The Labute approximate surface area is 191 Å². The number of benzene rings is 1. The number of furan rings is 1. The number of anilines is 1. The summed E-state index contributed by atoms with van der Waals surface area (Å²) in [5, 5.41) is 0.918. The number of ether oxygens (including phenoxy) is 1. The second-order valence-electron chi connectivity index (χ2n) is 8.21. The number of amides is 1.